The summed E-state index contributed by atoms with van der Waals surface area (Å²) in [7, 11) is 1.63. The van der Waals surface area contributed by atoms with Crippen LogP contribution in [0.5, 0.6) is 5.88 Å². The summed E-state index contributed by atoms with van der Waals surface area (Å²) in [4.78, 5) is 4.12. The first-order valence-electron chi connectivity index (χ1n) is 4.11. The van der Waals surface area contributed by atoms with Crippen LogP contribution in [-0.2, 0) is 0 Å². The Bertz CT molecular complexity index is 295. The molecule has 3 heteroatoms. The van der Waals surface area contributed by atoms with E-state index in [1.807, 2.05) is 6.07 Å². The Morgan fingerprint density at radius 1 is 1.58 bits per heavy atom. The second-order valence-corrected chi connectivity index (χ2v) is 3.10. The highest BCUT2D eigenvalue weighted by atomic mass is 16.5. The lowest BCUT2D eigenvalue weighted by Crippen LogP contribution is -1.98. The molecule has 0 spiro atoms. The van der Waals surface area contributed by atoms with Crippen molar-refractivity contribution in [3.8, 4) is 5.88 Å². The number of methoxy groups -OCH3 is 1. The van der Waals surface area contributed by atoms with Gasteiger partial charge in [-0.25, -0.2) is 4.98 Å². The second-order valence-electron chi connectivity index (χ2n) is 3.10. The first-order valence-corrected chi connectivity index (χ1v) is 4.11. The molecule has 1 heterocycles. The van der Waals surface area contributed by atoms with E-state index in [2.05, 4.69) is 4.98 Å². The van der Waals surface area contributed by atoms with E-state index in [9.17, 15) is 0 Å². The number of nitrogens with zero attached hydrogens (tertiary/aromatic N) is 1. The van der Waals surface area contributed by atoms with E-state index in [0.29, 0.717) is 11.8 Å². The van der Waals surface area contributed by atoms with E-state index in [1.54, 1.807) is 13.3 Å². The summed E-state index contributed by atoms with van der Waals surface area (Å²) >= 11 is 0. The number of nitrogens with two attached hydrogens (primary N) is 1. The van der Waals surface area contributed by atoms with Gasteiger partial charge in [0.2, 0.25) is 5.88 Å². The molecule has 0 unspecified atom stereocenters. The van der Waals surface area contributed by atoms with Crippen molar-refractivity contribution < 1.29 is 4.74 Å². The molecule has 64 valence electrons. The van der Waals surface area contributed by atoms with Crippen molar-refractivity contribution in [3.05, 3.63) is 17.8 Å². The van der Waals surface area contributed by atoms with Gasteiger partial charge in [-0.2, -0.15) is 0 Å². The SMILES string of the molecule is COc1nccc(N)c1C1CC1. The highest BCUT2D eigenvalue weighted by Gasteiger charge is 2.29. The molecule has 12 heavy (non-hydrogen) atoms. The molecular formula is C9H12N2O. The Morgan fingerprint density at radius 3 is 2.92 bits per heavy atom. The molecule has 0 radical (unpaired) electrons. The maximum atomic E-state index is 5.82. The number of hydrogen-bond acceptors (Lipinski definition) is 3. The van der Waals surface area contributed by atoms with Crippen LogP contribution >= 0.6 is 0 Å². The number of hydrogen-bond donors (Lipinski definition) is 1. The lowest BCUT2D eigenvalue weighted by atomic mass is 10.1. The van der Waals surface area contributed by atoms with Gasteiger partial charge in [-0.3, -0.25) is 0 Å². The van der Waals surface area contributed by atoms with E-state index in [0.717, 1.165) is 11.3 Å². The van der Waals surface area contributed by atoms with Crippen molar-refractivity contribution in [2.45, 2.75) is 18.8 Å². The van der Waals surface area contributed by atoms with E-state index < -0.39 is 0 Å². The highest BCUT2D eigenvalue weighted by Crippen LogP contribution is 2.45. The number of anilines is 1. The normalized spacial score (nSPS) is 16.1. The molecule has 0 bridgehead atoms. The molecule has 1 aliphatic rings. The third kappa shape index (κ3) is 1.11. The van der Waals surface area contributed by atoms with Gasteiger partial charge in [0.15, 0.2) is 0 Å². The molecule has 3 nitrogen and oxygen atoms in total. The first-order chi connectivity index (χ1) is 5.83. The molecule has 1 saturated carbocycles. The van der Waals surface area contributed by atoms with Crippen molar-refractivity contribution in [2.75, 3.05) is 12.8 Å². The van der Waals surface area contributed by atoms with Gasteiger partial charge in [-0.05, 0) is 24.8 Å². The van der Waals surface area contributed by atoms with Crippen molar-refractivity contribution in [2.24, 2.45) is 0 Å². The molecule has 1 fully saturated rings. The molecule has 1 aliphatic carbocycles. The van der Waals surface area contributed by atoms with Gasteiger partial charge < -0.3 is 10.5 Å². The minimum absolute atomic E-state index is 0.591. The van der Waals surface area contributed by atoms with Gasteiger partial charge in [-0.15, -0.1) is 0 Å². The second kappa shape index (κ2) is 2.66. The van der Waals surface area contributed by atoms with Crippen LogP contribution in [-0.4, -0.2) is 12.1 Å². The quantitative estimate of drug-likeness (QED) is 0.721. The Hall–Kier alpha value is -1.25. The first kappa shape index (κ1) is 7.40. The Balaban J connectivity index is 2.45. The van der Waals surface area contributed by atoms with Crippen LogP contribution in [0.1, 0.15) is 24.3 Å². The minimum Gasteiger partial charge on any atom is -0.481 e. The lowest BCUT2D eigenvalue weighted by Gasteiger charge is -2.07. The molecule has 0 aliphatic heterocycles. The van der Waals surface area contributed by atoms with Crippen LogP contribution in [0.25, 0.3) is 0 Å². The monoisotopic (exact) mass is 164 g/mol. The third-order valence-corrected chi connectivity index (χ3v) is 2.17. The minimum atomic E-state index is 0.591. The lowest BCUT2D eigenvalue weighted by molar-refractivity contribution is 0.393. The van der Waals surface area contributed by atoms with Crippen molar-refractivity contribution in [1.29, 1.82) is 0 Å². The van der Waals surface area contributed by atoms with Gasteiger partial charge in [0.25, 0.3) is 0 Å². The van der Waals surface area contributed by atoms with Crippen molar-refractivity contribution >= 4 is 5.69 Å². The maximum Gasteiger partial charge on any atom is 0.218 e. The standard InChI is InChI=1S/C9H12N2O/c1-12-9-8(6-2-3-6)7(10)4-5-11-9/h4-6H,2-3H2,1H3,(H2,10,11). The van der Waals surface area contributed by atoms with Crippen LogP contribution in [0.3, 0.4) is 0 Å². The van der Waals surface area contributed by atoms with Crippen molar-refractivity contribution in [3.63, 3.8) is 0 Å². The molecule has 0 atom stereocenters. The fourth-order valence-electron chi connectivity index (χ4n) is 1.41. The summed E-state index contributed by atoms with van der Waals surface area (Å²) in [5, 5.41) is 0. The Labute approximate surface area is 71.6 Å². The Kier molecular flexibility index (Phi) is 1.64. The molecule has 0 aromatic carbocycles. The number of pyridine rings is 1. The average molecular weight is 164 g/mol. The summed E-state index contributed by atoms with van der Waals surface area (Å²) in [6.45, 7) is 0. The molecule has 1 aromatic rings. The summed E-state index contributed by atoms with van der Waals surface area (Å²) < 4.78 is 5.14. The van der Waals surface area contributed by atoms with Crippen LogP contribution in [0, 0.1) is 0 Å². The number of rotatable bonds is 2. The number of ether oxygens (including phenoxy) is 1. The van der Waals surface area contributed by atoms with E-state index in [-0.39, 0.29) is 0 Å². The molecule has 2 rings (SSSR count). The summed E-state index contributed by atoms with van der Waals surface area (Å²) in [6, 6.07) is 1.83. The Morgan fingerprint density at radius 2 is 2.33 bits per heavy atom. The van der Waals surface area contributed by atoms with Crippen LogP contribution in [0.2, 0.25) is 0 Å². The van der Waals surface area contributed by atoms with E-state index in [1.165, 1.54) is 12.8 Å². The van der Waals surface area contributed by atoms with E-state index >= 15 is 0 Å². The van der Waals surface area contributed by atoms with Gasteiger partial charge in [0.1, 0.15) is 0 Å². The zero-order chi connectivity index (χ0) is 8.55. The molecule has 0 amide bonds. The van der Waals surface area contributed by atoms with Crippen LogP contribution < -0.4 is 10.5 Å². The van der Waals surface area contributed by atoms with Crippen LogP contribution in [0.4, 0.5) is 5.69 Å². The topological polar surface area (TPSA) is 48.1 Å². The van der Waals surface area contributed by atoms with Gasteiger partial charge in [0, 0.05) is 17.4 Å². The fourth-order valence-corrected chi connectivity index (χ4v) is 1.41. The molecule has 1 aromatic heterocycles. The number of aromatic nitrogens is 1. The van der Waals surface area contributed by atoms with Crippen LogP contribution in [0.15, 0.2) is 12.3 Å². The maximum absolute atomic E-state index is 5.82. The van der Waals surface area contributed by atoms with Crippen molar-refractivity contribution in [1.82, 2.24) is 4.98 Å². The van der Waals surface area contributed by atoms with Gasteiger partial charge in [-0.1, -0.05) is 0 Å². The predicted molar refractivity (Wildman–Crippen MR) is 47.2 cm³/mol. The largest absolute Gasteiger partial charge is 0.481 e. The third-order valence-electron chi connectivity index (χ3n) is 2.17. The zero-order valence-electron chi connectivity index (χ0n) is 7.08. The summed E-state index contributed by atoms with van der Waals surface area (Å²) in [6.07, 6.45) is 4.11. The molecule has 2 N–H and O–H groups in total. The van der Waals surface area contributed by atoms with Gasteiger partial charge in [0.05, 0.1) is 7.11 Å². The summed E-state index contributed by atoms with van der Waals surface area (Å²) in [5.41, 5.74) is 7.72. The summed E-state index contributed by atoms with van der Waals surface area (Å²) in [5.74, 6) is 1.28. The average Bonchev–Trinajstić information content (AvgIpc) is 2.87. The van der Waals surface area contributed by atoms with E-state index in [4.69, 9.17) is 10.5 Å². The smallest absolute Gasteiger partial charge is 0.218 e. The molecule has 0 saturated heterocycles. The highest BCUT2D eigenvalue weighted by molar-refractivity contribution is 5.54. The predicted octanol–water partition coefficient (Wildman–Crippen LogP) is 1.55. The fraction of sp³-hybridized carbons (Fsp3) is 0.444. The number of nitrogen functional groups attached to an aromatic ring is 1. The zero-order valence-corrected chi connectivity index (χ0v) is 7.08. The van der Waals surface area contributed by atoms with Gasteiger partial charge >= 0.3 is 0 Å². The molecular weight excluding hydrogens is 152 g/mol.